The molecule has 9 aromatic rings. The van der Waals surface area contributed by atoms with Crippen LogP contribution in [0.1, 0.15) is 22.6 Å². The molecule has 0 spiro atoms. The van der Waals surface area contributed by atoms with Crippen molar-refractivity contribution in [1.82, 2.24) is 4.40 Å². The number of fused-ring (bicyclic) bond motifs is 11. The number of hydrogen-bond donors (Lipinski definition) is 0. The van der Waals surface area contributed by atoms with Crippen LogP contribution < -0.4 is 16.4 Å². The van der Waals surface area contributed by atoms with Gasteiger partial charge in [0.25, 0.3) is 0 Å². The molecule has 7 aromatic carbocycles. The van der Waals surface area contributed by atoms with Gasteiger partial charge in [0.15, 0.2) is 0 Å². The van der Waals surface area contributed by atoms with Crippen molar-refractivity contribution in [3.05, 3.63) is 168 Å². The minimum Gasteiger partial charge on any atom is -0.308 e. The summed E-state index contributed by atoms with van der Waals surface area (Å²) in [5.41, 5.74) is 17.8. The molecule has 1 atom stereocenters. The first-order chi connectivity index (χ1) is 22.4. The highest BCUT2D eigenvalue weighted by Crippen LogP contribution is 2.49. The van der Waals surface area contributed by atoms with Crippen molar-refractivity contribution in [3.63, 3.8) is 0 Å². The lowest BCUT2D eigenvalue weighted by Crippen LogP contribution is -2.58. The van der Waals surface area contributed by atoms with Crippen LogP contribution in [0.25, 0.3) is 60.3 Å². The van der Waals surface area contributed by atoms with Gasteiger partial charge < -0.3 is 4.40 Å². The van der Waals surface area contributed by atoms with Gasteiger partial charge in [-0.05, 0) is 51.1 Å². The van der Waals surface area contributed by atoms with Crippen molar-refractivity contribution in [1.29, 1.82) is 0 Å². The first-order valence-corrected chi connectivity index (χ1v) is 15.9. The molecule has 45 heavy (non-hydrogen) atoms. The predicted molar refractivity (Wildman–Crippen MR) is 190 cm³/mol. The summed E-state index contributed by atoms with van der Waals surface area (Å²) in [4.78, 5) is 0. The third-order valence-electron chi connectivity index (χ3n) is 10.7. The maximum Gasteiger partial charge on any atom is 0.242 e. The zero-order valence-corrected chi connectivity index (χ0v) is 24.5. The Morgan fingerprint density at radius 3 is 2.00 bits per heavy atom. The minimum atomic E-state index is 0.123. The van der Waals surface area contributed by atoms with Gasteiger partial charge in [-0.1, -0.05) is 156 Å². The van der Waals surface area contributed by atoms with Crippen LogP contribution in [0.3, 0.4) is 0 Å². The molecule has 0 radical (unpaired) electrons. The van der Waals surface area contributed by atoms with Gasteiger partial charge in [0.2, 0.25) is 6.71 Å². The van der Waals surface area contributed by atoms with E-state index < -0.39 is 0 Å². The van der Waals surface area contributed by atoms with Gasteiger partial charge in [-0.2, -0.15) is 0 Å². The Hall–Kier alpha value is -5.60. The second kappa shape index (κ2) is 8.52. The van der Waals surface area contributed by atoms with E-state index in [9.17, 15) is 0 Å². The summed E-state index contributed by atoms with van der Waals surface area (Å²) in [7, 11) is 0. The van der Waals surface area contributed by atoms with Gasteiger partial charge in [-0.15, -0.1) is 0 Å². The van der Waals surface area contributed by atoms with Crippen LogP contribution in [-0.2, 0) is 0 Å². The summed E-state index contributed by atoms with van der Waals surface area (Å²) < 4.78 is 2.53. The molecule has 1 nitrogen and oxygen atoms in total. The van der Waals surface area contributed by atoms with Gasteiger partial charge in [-0.25, -0.2) is 0 Å². The van der Waals surface area contributed by atoms with E-state index in [1.165, 1.54) is 93.4 Å². The molecule has 0 saturated heterocycles. The van der Waals surface area contributed by atoms with Crippen LogP contribution in [0.4, 0.5) is 0 Å². The molecule has 0 saturated carbocycles. The van der Waals surface area contributed by atoms with Crippen molar-refractivity contribution in [3.8, 4) is 22.3 Å². The van der Waals surface area contributed by atoms with Crippen molar-refractivity contribution in [2.24, 2.45) is 0 Å². The largest absolute Gasteiger partial charge is 0.308 e. The summed E-state index contributed by atoms with van der Waals surface area (Å²) in [5, 5.41) is 5.34. The molecule has 2 aromatic heterocycles. The van der Waals surface area contributed by atoms with E-state index in [0.29, 0.717) is 0 Å². The van der Waals surface area contributed by atoms with Crippen molar-refractivity contribution >= 4 is 61.2 Å². The van der Waals surface area contributed by atoms with E-state index >= 15 is 0 Å². The van der Waals surface area contributed by atoms with Crippen molar-refractivity contribution in [2.75, 3.05) is 0 Å². The van der Waals surface area contributed by atoms with E-state index in [1.54, 1.807) is 0 Å². The van der Waals surface area contributed by atoms with Gasteiger partial charge in [-0.3, -0.25) is 0 Å². The number of hydrogen-bond acceptors (Lipinski definition) is 0. The second-order valence-corrected chi connectivity index (χ2v) is 12.8. The normalized spacial score (nSPS) is 14.8. The van der Waals surface area contributed by atoms with Gasteiger partial charge >= 0.3 is 0 Å². The van der Waals surface area contributed by atoms with Crippen molar-refractivity contribution in [2.45, 2.75) is 5.92 Å². The average molecular weight is 568 g/mol. The molecule has 11 rings (SSSR count). The Labute approximate surface area is 261 Å². The topological polar surface area (TPSA) is 4.41 Å². The Kier molecular flexibility index (Phi) is 4.51. The molecule has 3 heterocycles. The summed E-state index contributed by atoms with van der Waals surface area (Å²) >= 11 is 0. The molecule has 1 aliphatic carbocycles. The number of nitrogens with zero attached hydrogens (tertiary/aromatic N) is 1. The van der Waals surface area contributed by atoms with Gasteiger partial charge in [0.1, 0.15) is 0 Å². The molecule has 2 aliphatic rings. The fourth-order valence-electron chi connectivity index (χ4n) is 9.00. The fourth-order valence-corrected chi connectivity index (χ4v) is 9.00. The van der Waals surface area contributed by atoms with Crippen molar-refractivity contribution < 1.29 is 0 Å². The summed E-state index contributed by atoms with van der Waals surface area (Å²) in [6.45, 7) is 0.123. The summed E-state index contributed by atoms with van der Waals surface area (Å²) in [5.74, 6) is 0.217. The molecule has 2 heteroatoms. The number of benzene rings is 7. The Balaban J connectivity index is 1.31. The van der Waals surface area contributed by atoms with Crippen LogP contribution >= 0.6 is 0 Å². The fraction of sp³-hybridized carbons (Fsp3) is 0.0233. The highest BCUT2D eigenvalue weighted by molar-refractivity contribution is 6.97. The molecule has 0 amide bonds. The first kappa shape index (κ1) is 23.8. The average Bonchev–Trinajstić information content (AvgIpc) is 3.74. The van der Waals surface area contributed by atoms with Crippen LogP contribution in [-0.4, -0.2) is 11.1 Å². The quantitative estimate of drug-likeness (QED) is 0.185. The molecular formula is C43H26BN. The Morgan fingerprint density at radius 2 is 1.09 bits per heavy atom. The van der Waals surface area contributed by atoms with Crippen LogP contribution in [0.2, 0.25) is 0 Å². The highest BCUT2D eigenvalue weighted by Gasteiger charge is 2.43. The summed E-state index contributed by atoms with van der Waals surface area (Å²) in [6, 6.07) is 57.0. The monoisotopic (exact) mass is 567 g/mol. The lowest BCUT2D eigenvalue weighted by atomic mass is 9.32. The second-order valence-electron chi connectivity index (χ2n) is 12.8. The lowest BCUT2D eigenvalue weighted by molar-refractivity contribution is 1.03. The Bertz CT molecular complexity index is 2660. The molecule has 1 unspecified atom stereocenters. The smallest absolute Gasteiger partial charge is 0.242 e. The molecule has 0 fully saturated rings. The standard InChI is InChI=1S/C43H26BN/c1-2-12-26(13-3-1)27-14-6-8-21-36(27)44-37-22-11-18-31-28-15-4-5-17-30(28)41(42(31)37)35-25-40-34(24-38(35)44)33-20-10-19-32-29-16-7-9-23-39(29)45(40)43(32)33/h1-25,41H. The first-order valence-electron chi connectivity index (χ1n) is 15.9. The third-order valence-corrected chi connectivity index (χ3v) is 10.7. The zero-order chi connectivity index (χ0) is 29.2. The van der Waals surface area contributed by atoms with Crippen LogP contribution in [0.5, 0.6) is 0 Å². The van der Waals surface area contributed by atoms with E-state index in [1.807, 2.05) is 0 Å². The minimum absolute atomic E-state index is 0.123. The number of rotatable bonds is 2. The van der Waals surface area contributed by atoms with Gasteiger partial charge in [0.05, 0.1) is 16.6 Å². The molecule has 0 N–H and O–H groups in total. The van der Waals surface area contributed by atoms with Crippen LogP contribution in [0.15, 0.2) is 152 Å². The summed E-state index contributed by atoms with van der Waals surface area (Å²) in [6.07, 6.45) is 0. The predicted octanol–water partition coefficient (Wildman–Crippen LogP) is 8.49. The van der Waals surface area contributed by atoms with Gasteiger partial charge in [0, 0.05) is 27.5 Å². The Morgan fingerprint density at radius 1 is 0.422 bits per heavy atom. The van der Waals surface area contributed by atoms with E-state index in [4.69, 9.17) is 0 Å². The number of para-hydroxylation sites is 2. The highest BCUT2D eigenvalue weighted by atomic mass is 14.9. The van der Waals surface area contributed by atoms with Crippen LogP contribution in [0, 0.1) is 0 Å². The maximum atomic E-state index is 2.56. The molecular weight excluding hydrogens is 541 g/mol. The maximum absolute atomic E-state index is 2.56. The third kappa shape index (κ3) is 2.95. The zero-order valence-electron chi connectivity index (χ0n) is 24.5. The molecule has 1 aliphatic heterocycles. The van der Waals surface area contributed by atoms with E-state index in [0.717, 1.165) is 0 Å². The lowest BCUT2D eigenvalue weighted by Gasteiger charge is -2.32. The van der Waals surface area contributed by atoms with E-state index in [-0.39, 0.29) is 12.6 Å². The molecule has 0 bridgehead atoms. The molecule has 206 valence electrons. The van der Waals surface area contributed by atoms with E-state index in [2.05, 4.69) is 156 Å². The number of aromatic nitrogens is 1. The SMILES string of the molecule is c1ccc(-c2ccccc2B2c3cc4c5cccc6c7ccccc7n(c4cc3C3c4ccccc4-c4cccc2c43)c65)cc1.